The molecule has 1 fully saturated rings. The van der Waals surface area contributed by atoms with Crippen LogP contribution in [0.2, 0.25) is 0 Å². The van der Waals surface area contributed by atoms with E-state index in [1.54, 1.807) is 11.3 Å². The van der Waals surface area contributed by atoms with Crippen molar-refractivity contribution in [2.45, 2.75) is 44.1 Å². The van der Waals surface area contributed by atoms with Gasteiger partial charge in [-0.05, 0) is 49.9 Å². The van der Waals surface area contributed by atoms with Gasteiger partial charge in [0.1, 0.15) is 0 Å². The lowest BCUT2D eigenvalue weighted by molar-refractivity contribution is -0.127. The standard InChI is InChI=1S/C23H27N3OS/c1-23(17-9-3-2-4-10-17,22(27)26-18-12-7-8-16(18)15-24)14-21-25-19-11-5-6-13-20(19)28-21/h2-6,9-11,13,16,18H,7-8,12,14-15,24H2,1H3,(H,26,27). The van der Waals surface area contributed by atoms with Crippen LogP contribution in [0.3, 0.4) is 0 Å². The largest absolute Gasteiger partial charge is 0.352 e. The highest BCUT2D eigenvalue weighted by atomic mass is 32.1. The monoisotopic (exact) mass is 393 g/mol. The van der Waals surface area contributed by atoms with Crippen LogP contribution in [0.4, 0.5) is 0 Å². The number of rotatable bonds is 6. The summed E-state index contributed by atoms with van der Waals surface area (Å²) in [5.41, 5.74) is 7.28. The maximum absolute atomic E-state index is 13.5. The smallest absolute Gasteiger partial charge is 0.231 e. The van der Waals surface area contributed by atoms with Gasteiger partial charge in [0.2, 0.25) is 5.91 Å². The first kappa shape index (κ1) is 19.1. The summed E-state index contributed by atoms with van der Waals surface area (Å²) in [6.07, 6.45) is 3.83. The second kappa shape index (κ2) is 8.02. The summed E-state index contributed by atoms with van der Waals surface area (Å²) in [5, 5.41) is 4.32. The predicted molar refractivity (Wildman–Crippen MR) is 115 cm³/mol. The fourth-order valence-corrected chi connectivity index (χ4v) is 5.38. The van der Waals surface area contributed by atoms with Crippen LogP contribution in [0, 0.1) is 5.92 Å². The van der Waals surface area contributed by atoms with Gasteiger partial charge in [0.05, 0.1) is 20.6 Å². The number of fused-ring (bicyclic) bond motifs is 1. The topological polar surface area (TPSA) is 68.0 Å². The summed E-state index contributed by atoms with van der Waals surface area (Å²) in [4.78, 5) is 18.3. The molecule has 4 rings (SSSR count). The second-order valence-electron chi connectivity index (χ2n) is 7.96. The van der Waals surface area contributed by atoms with Crippen molar-refractivity contribution in [1.29, 1.82) is 0 Å². The van der Waals surface area contributed by atoms with Crippen molar-refractivity contribution in [2.24, 2.45) is 11.7 Å². The Balaban J connectivity index is 1.65. The number of carbonyl (C=O) groups excluding carboxylic acids is 1. The number of thiazole rings is 1. The minimum Gasteiger partial charge on any atom is -0.352 e. The van der Waals surface area contributed by atoms with E-state index in [1.165, 1.54) is 0 Å². The van der Waals surface area contributed by atoms with Gasteiger partial charge in [0, 0.05) is 12.5 Å². The number of carbonyl (C=O) groups is 1. The van der Waals surface area contributed by atoms with E-state index in [1.807, 2.05) is 55.5 Å². The molecule has 0 aliphatic heterocycles. The molecule has 1 amide bonds. The molecule has 2 aromatic carbocycles. The number of nitrogens with one attached hydrogen (secondary N) is 1. The van der Waals surface area contributed by atoms with Gasteiger partial charge < -0.3 is 11.1 Å². The van der Waals surface area contributed by atoms with E-state index in [2.05, 4.69) is 11.4 Å². The van der Waals surface area contributed by atoms with Crippen molar-refractivity contribution >= 4 is 27.5 Å². The molecule has 3 atom stereocenters. The van der Waals surface area contributed by atoms with E-state index < -0.39 is 5.41 Å². The number of aromatic nitrogens is 1. The van der Waals surface area contributed by atoms with Gasteiger partial charge in [-0.15, -0.1) is 11.3 Å². The molecule has 1 aromatic heterocycles. The first-order chi connectivity index (χ1) is 13.6. The molecule has 4 nitrogen and oxygen atoms in total. The molecular formula is C23H27N3OS. The number of hydrogen-bond acceptors (Lipinski definition) is 4. The Labute approximate surface area is 170 Å². The maximum atomic E-state index is 13.5. The van der Waals surface area contributed by atoms with Crippen molar-refractivity contribution in [1.82, 2.24) is 10.3 Å². The molecule has 1 aliphatic carbocycles. The third-order valence-electron chi connectivity index (χ3n) is 6.03. The SMILES string of the molecule is CC(Cc1nc2ccccc2s1)(C(=O)NC1CCCC1CN)c1ccccc1. The van der Waals surface area contributed by atoms with E-state index in [-0.39, 0.29) is 11.9 Å². The van der Waals surface area contributed by atoms with Crippen molar-refractivity contribution in [2.75, 3.05) is 6.54 Å². The van der Waals surface area contributed by atoms with Gasteiger partial charge in [-0.1, -0.05) is 48.9 Å². The van der Waals surface area contributed by atoms with Crippen LogP contribution >= 0.6 is 11.3 Å². The zero-order valence-electron chi connectivity index (χ0n) is 16.2. The Bertz CT molecular complexity index is 922. The molecule has 0 bridgehead atoms. The highest BCUT2D eigenvalue weighted by Crippen LogP contribution is 2.33. The summed E-state index contributed by atoms with van der Waals surface area (Å²) in [6, 6.07) is 18.4. The van der Waals surface area contributed by atoms with Crippen LogP contribution in [-0.2, 0) is 16.6 Å². The Morgan fingerprint density at radius 2 is 1.93 bits per heavy atom. The third kappa shape index (κ3) is 3.69. The molecule has 3 N–H and O–H groups in total. The van der Waals surface area contributed by atoms with E-state index in [4.69, 9.17) is 10.7 Å². The molecular weight excluding hydrogens is 366 g/mol. The molecule has 1 saturated carbocycles. The lowest BCUT2D eigenvalue weighted by Gasteiger charge is -2.31. The highest BCUT2D eigenvalue weighted by Gasteiger charge is 2.39. The first-order valence-electron chi connectivity index (χ1n) is 10.0. The van der Waals surface area contributed by atoms with Crippen molar-refractivity contribution in [3.05, 3.63) is 65.2 Å². The zero-order valence-corrected chi connectivity index (χ0v) is 17.0. The summed E-state index contributed by atoms with van der Waals surface area (Å²) in [5.74, 6) is 0.453. The first-order valence-corrected chi connectivity index (χ1v) is 10.8. The number of amides is 1. The molecule has 3 aromatic rings. The number of nitrogens with zero attached hydrogens (tertiary/aromatic N) is 1. The molecule has 5 heteroatoms. The van der Waals surface area contributed by atoms with Crippen LogP contribution in [0.5, 0.6) is 0 Å². The Morgan fingerprint density at radius 1 is 1.18 bits per heavy atom. The second-order valence-corrected chi connectivity index (χ2v) is 9.07. The van der Waals surface area contributed by atoms with E-state index in [9.17, 15) is 4.79 Å². The van der Waals surface area contributed by atoms with Gasteiger partial charge in [0.25, 0.3) is 0 Å². The van der Waals surface area contributed by atoms with E-state index in [0.717, 1.165) is 40.1 Å². The van der Waals surface area contributed by atoms with Gasteiger partial charge >= 0.3 is 0 Å². The molecule has 0 spiro atoms. The minimum atomic E-state index is -0.670. The average Bonchev–Trinajstić information content (AvgIpc) is 3.34. The van der Waals surface area contributed by atoms with Gasteiger partial charge in [-0.25, -0.2) is 4.98 Å². The Kier molecular flexibility index (Phi) is 5.47. The van der Waals surface area contributed by atoms with Crippen molar-refractivity contribution < 1.29 is 4.79 Å². The number of benzene rings is 2. The molecule has 28 heavy (non-hydrogen) atoms. The number of hydrogen-bond donors (Lipinski definition) is 2. The van der Waals surface area contributed by atoms with Crippen molar-refractivity contribution in [3.63, 3.8) is 0 Å². The van der Waals surface area contributed by atoms with E-state index >= 15 is 0 Å². The average molecular weight is 394 g/mol. The van der Waals surface area contributed by atoms with Crippen LogP contribution in [-0.4, -0.2) is 23.5 Å². The zero-order chi connectivity index (χ0) is 19.6. The molecule has 146 valence electrons. The predicted octanol–water partition coefficient (Wildman–Crippen LogP) is 4.04. The maximum Gasteiger partial charge on any atom is 0.231 e. The number of nitrogens with two attached hydrogens (primary N) is 1. The van der Waals surface area contributed by atoms with Crippen LogP contribution < -0.4 is 11.1 Å². The third-order valence-corrected chi connectivity index (χ3v) is 7.07. The van der Waals surface area contributed by atoms with Crippen LogP contribution in [0.25, 0.3) is 10.2 Å². The summed E-state index contributed by atoms with van der Waals surface area (Å²) < 4.78 is 1.16. The minimum absolute atomic E-state index is 0.0725. The molecule has 3 unspecified atom stereocenters. The van der Waals surface area contributed by atoms with Gasteiger partial charge in [-0.3, -0.25) is 4.79 Å². The fourth-order valence-electron chi connectivity index (χ4n) is 4.25. The van der Waals surface area contributed by atoms with Crippen LogP contribution in [0.1, 0.15) is 36.8 Å². The lowest BCUT2D eigenvalue weighted by atomic mass is 9.78. The van der Waals surface area contributed by atoms with Crippen molar-refractivity contribution in [3.8, 4) is 0 Å². The molecule has 0 saturated heterocycles. The lowest BCUT2D eigenvalue weighted by Crippen LogP contribution is -2.49. The highest BCUT2D eigenvalue weighted by molar-refractivity contribution is 7.18. The Morgan fingerprint density at radius 3 is 2.68 bits per heavy atom. The van der Waals surface area contributed by atoms with Gasteiger partial charge in [0.15, 0.2) is 0 Å². The fraction of sp³-hybridized carbons (Fsp3) is 0.391. The quantitative estimate of drug-likeness (QED) is 0.664. The summed E-state index contributed by atoms with van der Waals surface area (Å²) >= 11 is 1.67. The summed E-state index contributed by atoms with van der Waals surface area (Å²) in [6.45, 7) is 2.67. The summed E-state index contributed by atoms with van der Waals surface area (Å²) in [7, 11) is 0. The van der Waals surface area contributed by atoms with Gasteiger partial charge in [-0.2, -0.15) is 0 Å². The number of para-hydroxylation sites is 1. The van der Waals surface area contributed by atoms with Crippen LogP contribution in [0.15, 0.2) is 54.6 Å². The molecule has 1 aliphatic rings. The van der Waals surface area contributed by atoms with E-state index in [0.29, 0.717) is 18.9 Å². The normalized spacial score (nSPS) is 21.5. The molecule has 1 heterocycles. The molecule has 0 radical (unpaired) electrons. The Hall–Kier alpha value is -2.24.